The van der Waals surface area contributed by atoms with E-state index < -0.39 is 0 Å². The number of aliphatic hydroxyl groups is 1. The number of aryl methyl sites for hydroxylation is 1. The number of nitrogens with zero attached hydrogens (tertiary/aromatic N) is 3. The second-order valence-corrected chi connectivity index (χ2v) is 3.84. The van der Waals surface area contributed by atoms with Gasteiger partial charge in [0.2, 0.25) is 0 Å². The van der Waals surface area contributed by atoms with E-state index in [0.717, 1.165) is 36.0 Å². The van der Waals surface area contributed by atoms with Crippen LogP contribution in [0.15, 0.2) is 0 Å². The topological polar surface area (TPSA) is 61.3 Å². The van der Waals surface area contributed by atoms with E-state index in [2.05, 4.69) is 27.1 Å². The Labute approximate surface area is 103 Å². The third-order valence-electron chi connectivity index (χ3n) is 2.77. The summed E-state index contributed by atoms with van der Waals surface area (Å²) in [6, 6.07) is 0. The minimum Gasteiger partial charge on any atom is -0.395 e. The van der Waals surface area contributed by atoms with Crippen molar-refractivity contribution in [3.8, 4) is 0 Å². The number of aliphatic hydroxyl groups excluding tert-OH is 1. The summed E-state index contributed by atoms with van der Waals surface area (Å²) in [6.07, 6.45) is 0.804. The minimum atomic E-state index is 0.133. The van der Waals surface area contributed by atoms with Crippen molar-refractivity contribution in [1.82, 2.24) is 9.97 Å². The molecule has 0 spiro atoms. The summed E-state index contributed by atoms with van der Waals surface area (Å²) in [7, 11) is 1.86. The van der Waals surface area contributed by atoms with E-state index in [1.807, 2.05) is 20.9 Å². The van der Waals surface area contributed by atoms with Gasteiger partial charge in [0.15, 0.2) is 0 Å². The Bertz CT molecular complexity index is 368. The molecule has 17 heavy (non-hydrogen) atoms. The van der Waals surface area contributed by atoms with E-state index >= 15 is 0 Å². The Kier molecular flexibility index (Phi) is 5.15. The van der Waals surface area contributed by atoms with Crippen molar-refractivity contribution >= 4 is 11.6 Å². The number of nitrogens with one attached hydrogen (secondary N) is 1. The van der Waals surface area contributed by atoms with E-state index in [4.69, 9.17) is 5.11 Å². The van der Waals surface area contributed by atoms with Gasteiger partial charge in [-0.3, -0.25) is 0 Å². The number of hydrogen-bond acceptors (Lipinski definition) is 5. The van der Waals surface area contributed by atoms with Crippen molar-refractivity contribution in [2.24, 2.45) is 0 Å². The Balaban J connectivity index is 3.19. The lowest BCUT2D eigenvalue weighted by Gasteiger charge is -2.24. The van der Waals surface area contributed by atoms with Gasteiger partial charge in [-0.1, -0.05) is 6.92 Å². The fraction of sp³-hybridized carbons (Fsp3) is 0.667. The molecule has 0 aliphatic carbocycles. The second-order valence-electron chi connectivity index (χ2n) is 3.84. The van der Waals surface area contributed by atoms with Gasteiger partial charge < -0.3 is 15.3 Å². The Morgan fingerprint density at radius 1 is 1.29 bits per heavy atom. The quantitative estimate of drug-likeness (QED) is 0.780. The maximum Gasteiger partial charge on any atom is 0.137 e. The summed E-state index contributed by atoms with van der Waals surface area (Å²) >= 11 is 0. The standard InChI is InChI=1S/C12H22N4O/c1-5-10-14-11(13-4)9(3)12(15-10)16(6-2)7-8-17/h17H,5-8H2,1-4H3,(H,13,14,15). The highest BCUT2D eigenvalue weighted by molar-refractivity contribution is 5.58. The van der Waals surface area contributed by atoms with Crippen molar-refractivity contribution in [3.63, 3.8) is 0 Å². The van der Waals surface area contributed by atoms with Gasteiger partial charge >= 0.3 is 0 Å². The van der Waals surface area contributed by atoms with Gasteiger partial charge in [-0.15, -0.1) is 0 Å². The van der Waals surface area contributed by atoms with Crippen LogP contribution in [-0.2, 0) is 6.42 Å². The third-order valence-corrected chi connectivity index (χ3v) is 2.77. The molecule has 0 aliphatic rings. The van der Waals surface area contributed by atoms with Crippen LogP contribution in [0.3, 0.4) is 0 Å². The zero-order valence-electron chi connectivity index (χ0n) is 11.1. The first kappa shape index (κ1) is 13.7. The minimum absolute atomic E-state index is 0.133. The van der Waals surface area contributed by atoms with Crippen LogP contribution >= 0.6 is 0 Å². The van der Waals surface area contributed by atoms with Crippen LogP contribution in [-0.4, -0.2) is 41.8 Å². The van der Waals surface area contributed by atoms with E-state index in [-0.39, 0.29) is 6.61 Å². The molecule has 2 N–H and O–H groups in total. The average Bonchev–Trinajstić information content (AvgIpc) is 2.36. The van der Waals surface area contributed by atoms with Crippen molar-refractivity contribution in [3.05, 3.63) is 11.4 Å². The van der Waals surface area contributed by atoms with Gasteiger partial charge in [0.25, 0.3) is 0 Å². The molecule has 96 valence electrons. The Hall–Kier alpha value is -1.36. The summed E-state index contributed by atoms with van der Waals surface area (Å²) in [5.41, 5.74) is 1.03. The number of rotatable bonds is 6. The first-order chi connectivity index (χ1) is 8.17. The van der Waals surface area contributed by atoms with Crippen molar-refractivity contribution in [2.75, 3.05) is 37.0 Å². The van der Waals surface area contributed by atoms with Crippen molar-refractivity contribution in [1.29, 1.82) is 0 Å². The molecule has 1 rings (SSSR count). The molecule has 0 bridgehead atoms. The van der Waals surface area contributed by atoms with E-state index in [1.165, 1.54) is 0 Å². The van der Waals surface area contributed by atoms with Crippen LogP contribution < -0.4 is 10.2 Å². The number of likely N-dealkylation sites (N-methyl/N-ethyl adjacent to an activating group) is 1. The van der Waals surface area contributed by atoms with Crippen LogP contribution in [0.25, 0.3) is 0 Å². The summed E-state index contributed by atoms with van der Waals surface area (Å²) in [4.78, 5) is 11.1. The highest BCUT2D eigenvalue weighted by Crippen LogP contribution is 2.23. The van der Waals surface area contributed by atoms with Crippen molar-refractivity contribution in [2.45, 2.75) is 27.2 Å². The van der Waals surface area contributed by atoms with Crippen molar-refractivity contribution < 1.29 is 5.11 Å². The molecule has 0 amide bonds. The van der Waals surface area contributed by atoms with E-state index in [9.17, 15) is 0 Å². The lowest BCUT2D eigenvalue weighted by Crippen LogP contribution is -2.28. The fourth-order valence-electron chi connectivity index (χ4n) is 1.79. The maximum atomic E-state index is 9.07. The summed E-state index contributed by atoms with van der Waals surface area (Å²) in [5, 5.41) is 12.2. The van der Waals surface area contributed by atoms with Crippen LogP contribution in [0.5, 0.6) is 0 Å². The molecule has 0 aromatic carbocycles. The molecule has 0 saturated heterocycles. The maximum absolute atomic E-state index is 9.07. The monoisotopic (exact) mass is 238 g/mol. The Morgan fingerprint density at radius 3 is 2.47 bits per heavy atom. The molecule has 0 unspecified atom stereocenters. The van der Waals surface area contributed by atoms with Gasteiger partial charge in [0.1, 0.15) is 17.5 Å². The summed E-state index contributed by atoms with van der Waals surface area (Å²) in [5.74, 6) is 2.60. The molecule has 0 aliphatic heterocycles. The zero-order chi connectivity index (χ0) is 12.8. The van der Waals surface area contributed by atoms with Gasteiger partial charge in [-0.25, -0.2) is 9.97 Å². The lowest BCUT2D eigenvalue weighted by atomic mass is 10.2. The highest BCUT2D eigenvalue weighted by Gasteiger charge is 2.14. The number of anilines is 2. The largest absolute Gasteiger partial charge is 0.395 e. The molecular formula is C12H22N4O. The van der Waals surface area contributed by atoms with Crippen LogP contribution in [0.2, 0.25) is 0 Å². The smallest absolute Gasteiger partial charge is 0.137 e. The SMILES string of the molecule is CCc1nc(NC)c(C)c(N(CC)CCO)n1. The van der Waals surface area contributed by atoms with Gasteiger partial charge in [0.05, 0.1) is 6.61 Å². The van der Waals surface area contributed by atoms with Gasteiger partial charge in [-0.05, 0) is 13.8 Å². The average molecular weight is 238 g/mol. The first-order valence-electron chi connectivity index (χ1n) is 6.08. The molecule has 0 saturated carbocycles. The summed E-state index contributed by atoms with van der Waals surface area (Å²) in [6.45, 7) is 7.65. The normalized spacial score (nSPS) is 10.4. The van der Waals surface area contributed by atoms with E-state index in [0.29, 0.717) is 6.54 Å². The fourth-order valence-corrected chi connectivity index (χ4v) is 1.79. The zero-order valence-corrected chi connectivity index (χ0v) is 11.1. The third kappa shape index (κ3) is 3.06. The summed E-state index contributed by atoms with van der Waals surface area (Å²) < 4.78 is 0. The molecular weight excluding hydrogens is 216 g/mol. The predicted molar refractivity (Wildman–Crippen MR) is 70.7 cm³/mol. The molecule has 5 nitrogen and oxygen atoms in total. The second kappa shape index (κ2) is 6.39. The first-order valence-corrected chi connectivity index (χ1v) is 6.08. The van der Waals surface area contributed by atoms with Gasteiger partial charge in [0, 0.05) is 32.1 Å². The lowest BCUT2D eigenvalue weighted by molar-refractivity contribution is 0.302. The molecule has 1 aromatic rings. The number of hydrogen-bond donors (Lipinski definition) is 2. The van der Waals surface area contributed by atoms with Gasteiger partial charge in [-0.2, -0.15) is 0 Å². The van der Waals surface area contributed by atoms with Crippen LogP contribution in [0.1, 0.15) is 25.2 Å². The molecule has 1 aromatic heterocycles. The molecule has 0 atom stereocenters. The molecule has 0 radical (unpaired) electrons. The highest BCUT2D eigenvalue weighted by atomic mass is 16.3. The molecule has 1 heterocycles. The van der Waals surface area contributed by atoms with Crippen LogP contribution in [0, 0.1) is 6.92 Å². The molecule has 5 heteroatoms. The van der Waals surface area contributed by atoms with E-state index in [1.54, 1.807) is 0 Å². The predicted octanol–water partition coefficient (Wildman–Crippen LogP) is 1.21. The Morgan fingerprint density at radius 2 is 2.00 bits per heavy atom. The molecule has 0 fully saturated rings. The van der Waals surface area contributed by atoms with Crippen LogP contribution in [0.4, 0.5) is 11.6 Å². The number of aromatic nitrogens is 2.